The smallest absolute Gasteiger partial charge is 0.786 e. The van der Waals surface area contributed by atoms with Crippen molar-refractivity contribution in [1.82, 2.24) is 0 Å². The quantitative estimate of drug-likeness (QED) is 0.266. The Balaban J connectivity index is -0.0000000267. The summed E-state index contributed by atoms with van der Waals surface area (Å²) in [5.74, 6) is 0. The molecule has 0 N–H and O–H groups in total. The first-order valence-corrected chi connectivity index (χ1v) is 2.15. The molecule has 0 radical (unpaired) electrons. The zero-order chi connectivity index (χ0) is 4.50. The predicted molar refractivity (Wildman–Crippen MR) is 8.71 cm³/mol. The molecular formula is FNa3O3P+. The third-order valence-electron chi connectivity index (χ3n) is 0. The van der Waals surface area contributed by atoms with Crippen LogP contribution in [0.15, 0.2) is 0 Å². The minimum absolute atomic E-state index is 0. The third-order valence-corrected chi connectivity index (χ3v) is 0. The minimum Gasteiger partial charge on any atom is -0.786 e. The summed E-state index contributed by atoms with van der Waals surface area (Å²) in [6, 6.07) is 0. The largest absolute Gasteiger partial charge is 1.00 e. The van der Waals surface area contributed by atoms with E-state index in [9.17, 15) is 4.20 Å². The molecule has 0 rings (SSSR count). The van der Waals surface area contributed by atoms with Crippen LogP contribution in [0.2, 0.25) is 0 Å². The second-order valence-corrected chi connectivity index (χ2v) is 1.29. The zero-order valence-electron chi connectivity index (χ0n) is 5.05. The normalized spacial score (nSPS) is 7.38. The Labute approximate surface area is 113 Å². The number of rotatable bonds is 0. The maximum atomic E-state index is 10.1. The Hall–Kier alpha value is 3.08. The van der Waals surface area contributed by atoms with Crippen LogP contribution in [0.25, 0.3) is 0 Å². The predicted octanol–water partition coefficient (Wildman–Crippen LogP) is -10.2. The van der Waals surface area contributed by atoms with Gasteiger partial charge in [0, 0.05) is 0 Å². The fourth-order valence-electron chi connectivity index (χ4n) is 0. The molecular weight excluding hydrogens is 167 g/mol. The Morgan fingerprint density at radius 3 is 1.12 bits per heavy atom. The Kier molecular flexibility index (Phi) is 28.3. The van der Waals surface area contributed by atoms with Crippen LogP contribution in [-0.2, 0) is 4.57 Å². The second kappa shape index (κ2) is 10.1. The van der Waals surface area contributed by atoms with Gasteiger partial charge in [0.15, 0.2) is 0 Å². The molecule has 0 saturated carbocycles. The van der Waals surface area contributed by atoms with Gasteiger partial charge < -0.3 is 14.4 Å². The van der Waals surface area contributed by atoms with Crippen LogP contribution < -0.4 is 98.5 Å². The van der Waals surface area contributed by atoms with Crippen LogP contribution in [-0.4, -0.2) is 0 Å². The summed E-state index contributed by atoms with van der Waals surface area (Å²) in [6.07, 6.45) is 0. The van der Waals surface area contributed by atoms with Crippen molar-refractivity contribution in [2.24, 2.45) is 0 Å². The number of hydrogen-bond acceptors (Lipinski definition) is 3. The zero-order valence-corrected chi connectivity index (χ0v) is 11.9. The van der Waals surface area contributed by atoms with E-state index in [-0.39, 0.29) is 88.7 Å². The average Bonchev–Trinajstić information content (AvgIpc) is 0.722. The first-order chi connectivity index (χ1) is 2.00. The molecule has 0 aliphatic rings. The van der Waals surface area contributed by atoms with Gasteiger partial charge in [0.05, 0.1) is 0 Å². The molecule has 0 amide bonds. The molecule has 0 saturated heterocycles. The number of halogens is 1. The molecule has 0 unspecified atom stereocenters. The average molecular weight is 167 g/mol. The van der Waals surface area contributed by atoms with Gasteiger partial charge in [-0.2, -0.15) is 0 Å². The monoisotopic (exact) mass is 167 g/mol. The maximum Gasteiger partial charge on any atom is 1.00 e. The van der Waals surface area contributed by atoms with E-state index in [1.807, 2.05) is 0 Å². The summed E-state index contributed by atoms with van der Waals surface area (Å²) >= 11 is 0. The van der Waals surface area contributed by atoms with Gasteiger partial charge in [0.1, 0.15) is 7.91 Å². The maximum absolute atomic E-state index is 10.1. The van der Waals surface area contributed by atoms with Crippen LogP contribution in [0.3, 0.4) is 0 Å². The molecule has 0 aromatic rings. The molecule has 0 aliphatic carbocycles. The second-order valence-electron chi connectivity index (χ2n) is 0.431. The van der Waals surface area contributed by atoms with Gasteiger partial charge in [-0.3, -0.25) is 0 Å². The van der Waals surface area contributed by atoms with E-state index in [4.69, 9.17) is 14.4 Å². The summed E-state index contributed by atoms with van der Waals surface area (Å²) in [4.78, 5) is 16.9. The van der Waals surface area contributed by atoms with E-state index in [1.54, 1.807) is 0 Å². The first kappa shape index (κ1) is 22.5. The van der Waals surface area contributed by atoms with E-state index in [2.05, 4.69) is 0 Å². The molecule has 0 fully saturated rings. The molecule has 3 nitrogen and oxygen atoms in total. The molecule has 0 bridgehead atoms. The molecule has 0 heterocycles. The fraction of sp³-hybridized carbons (Fsp3) is 0. The van der Waals surface area contributed by atoms with Gasteiger partial charge in [-0.25, -0.2) is 4.20 Å². The summed E-state index contributed by atoms with van der Waals surface area (Å²) < 4.78 is 18.6. The molecule has 8 heavy (non-hydrogen) atoms. The molecule has 0 spiro atoms. The van der Waals surface area contributed by atoms with Crippen LogP contribution in [0.4, 0.5) is 4.20 Å². The summed E-state index contributed by atoms with van der Waals surface area (Å²) in [6.45, 7) is 0. The van der Waals surface area contributed by atoms with Gasteiger partial charge in [-0.1, -0.05) is 0 Å². The molecule has 0 aromatic carbocycles. The van der Waals surface area contributed by atoms with Crippen LogP contribution in [0, 0.1) is 0 Å². The third kappa shape index (κ3) is 62.5. The summed E-state index contributed by atoms with van der Waals surface area (Å²) in [7, 11) is -5.64. The van der Waals surface area contributed by atoms with E-state index in [1.165, 1.54) is 0 Å². The van der Waals surface area contributed by atoms with Crippen molar-refractivity contribution in [3.8, 4) is 0 Å². The van der Waals surface area contributed by atoms with E-state index >= 15 is 0 Å². The Bertz CT molecular complexity index is 60.7. The van der Waals surface area contributed by atoms with Crippen molar-refractivity contribution in [3.05, 3.63) is 0 Å². The van der Waals surface area contributed by atoms with E-state index in [0.717, 1.165) is 0 Å². The molecule has 0 aromatic heterocycles. The van der Waals surface area contributed by atoms with Gasteiger partial charge in [0.2, 0.25) is 0 Å². The summed E-state index contributed by atoms with van der Waals surface area (Å²) in [5, 5.41) is 0. The topological polar surface area (TPSA) is 63.2 Å². The van der Waals surface area contributed by atoms with Crippen molar-refractivity contribution >= 4 is 7.91 Å². The van der Waals surface area contributed by atoms with Crippen molar-refractivity contribution in [2.45, 2.75) is 0 Å². The van der Waals surface area contributed by atoms with Crippen LogP contribution in [0.1, 0.15) is 0 Å². The van der Waals surface area contributed by atoms with Crippen molar-refractivity contribution in [2.75, 3.05) is 0 Å². The van der Waals surface area contributed by atoms with E-state index in [0.29, 0.717) is 0 Å². The minimum atomic E-state index is -5.64. The molecule has 0 atom stereocenters. The van der Waals surface area contributed by atoms with Crippen LogP contribution >= 0.6 is 7.91 Å². The summed E-state index contributed by atoms with van der Waals surface area (Å²) in [5.41, 5.74) is 0. The van der Waals surface area contributed by atoms with Crippen molar-refractivity contribution in [1.29, 1.82) is 0 Å². The van der Waals surface area contributed by atoms with Gasteiger partial charge in [-0.05, 0) is 0 Å². The fourth-order valence-corrected chi connectivity index (χ4v) is 0. The Morgan fingerprint density at radius 2 is 1.12 bits per heavy atom. The first-order valence-electron chi connectivity index (χ1n) is 0.717. The van der Waals surface area contributed by atoms with E-state index < -0.39 is 7.91 Å². The standard InChI is InChI=1S/FH2O3P.3Na/c1-5(2,3)4;;;/h(H2,2,3,4);;;/q;3*+1/p-2. The molecule has 0 aliphatic heterocycles. The SMILES string of the molecule is O=P([O-])([O-])F.[Na+].[Na+].[Na+]. The van der Waals surface area contributed by atoms with Crippen LogP contribution in [0.5, 0.6) is 0 Å². The molecule has 8 heteroatoms. The van der Waals surface area contributed by atoms with Crippen molar-refractivity contribution in [3.63, 3.8) is 0 Å². The number of hydrogen-bond donors (Lipinski definition) is 0. The van der Waals surface area contributed by atoms with Crippen molar-refractivity contribution < 1.29 is 107 Å². The van der Waals surface area contributed by atoms with Gasteiger partial charge in [-0.15, -0.1) is 0 Å². The van der Waals surface area contributed by atoms with Gasteiger partial charge >= 0.3 is 88.7 Å². The molecule has 32 valence electrons. The Morgan fingerprint density at radius 1 is 1.12 bits per heavy atom. The van der Waals surface area contributed by atoms with Gasteiger partial charge in [0.25, 0.3) is 0 Å².